The number of nitro groups is 1. The number of hydrogen-bond donors (Lipinski definition) is 3. The molecule has 0 aliphatic carbocycles. The van der Waals surface area contributed by atoms with Crippen molar-refractivity contribution in [2.45, 2.75) is 9.79 Å². The molecule has 0 atom stereocenters. The van der Waals surface area contributed by atoms with Gasteiger partial charge in [0, 0.05) is 17.7 Å². The molecule has 0 amide bonds. The second-order valence-corrected chi connectivity index (χ2v) is 8.14. The zero-order valence-corrected chi connectivity index (χ0v) is 18.1. The molecule has 1 aliphatic heterocycles. The molecule has 16 heteroatoms. The van der Waals surface area contributed by atoms with E-state index in [0.717, 1.165) is 12.1 Å². The zero-order chi connectivity index (χ0) is 20.7. The van der Waals surface area contributed by atoms with Gasteiger partial charge in [-0.3, -0.25) is 20.1 Å². The van der Waals surface area contributed by atoms with Crippen molar-refractivity contribution in [2.75, 3.05) is 5.12 Å². The Balaban J connectivity index is 0.00000300. The Morgan fingerprint density at radius 2 is 1.69 bits per heavy atom. The summed E-state index contributed by atoms with van der Waals surface area (Å²) in [5, 5.41) is 15.7. The molecule has 0 radical (unpaired) electrons. The van der Waals surface area contributed by atoms with E-state index in [1.54, 1.807) is 0 Å². The third-order valence-corrected chi connectivity index (χ3v) is 5.30. The number of amidine groups is 1. The third-order valence-electron chi connectivity index (χ3n) is 3.57. The summed E-state index contributed by atoms with van der Waals surface area (Å²) in [5.41, 5.74) is 5.07. The fraction of sp³-hybridized carbons (Fsp3) is 0. The van der Waals surface area contributed by atoms with Crippen molar-refractivity contribution in [1.82, 2.24) is 11.0 Å². The van der Waals surface area contributed by atoms with Gasteiger partial charge in [0.15, 0.2) is 5.84 Å². The van der Waals surface area contributed by atoms with Crippen LogP contribution in [-0.2, 0) is 20.2 Å². The molecule has 0 saturated carbocycles. The number of benzene rings is 2. The maximum Gasteiger partial charge on any atom is 1.00 e. The summed E-state index contributed by atoms with van der Waals surface area (Å²) in [6.45, 7) is 0. The van der Waals surface area contributed by atoms with Crippen LogP contribution in [0.4, 0.5) is 11.4 Å². The molecular weight excluding hydrogens is 441 g/mol. The maximum absolute atomic E-state index is 11.5. The van der Waals surface area contributed by atoms with Crippen molar-refractivity contribution >= 4 is 37.4 Å². The Labute approximate surface area is 186 Å². The van der Waals surface area contributed by atoms with Crippen LogP contribution in [0.3, 0.4) is 0 Å². The van der Waals surface area contributed by atoms with Crippen molar-refractivity contribution in [1.29, 1.82) is 0 Å². The smallest absolute Gasteiger partial charge is 0.744 e. The first-order valence-corrected chi connectivity index (χ1v) is 10.0. The van der Waals surface area contributed by atoms with Gasteiger partial charge in [0.2, 0.25) is 0 Å². The average Bonchev–Trinajstić information content (AvgIpc) is 3.09. The zero-order valence-electron chi connectivity index (χ0n) is 14.5. The summed E-state index contributed by atoms with van der Waals surface area (Å²) in [6, 6.07) is 7.62. The normalized spacial score (nSPS) is 13.7. The van der Waals surface area contributed by atoms with Gasteiger partial charge in [0.25, 0.3) is 15.8 Å². The molecule has 0 spiro atoms. The van der Waals surface area contributed by atoms with Crippen LogP contribution < -0.4 is 45.6 Å². The predicted octanol–water partition coefficient (Wildman–Crippen LogP) is -3.06. The second-order valence-electron chi connectivity index (χ2n) is 5.37. The molecule has 0 aromatic heterocycles. The molecule has 148 valence electrons. The van der Waals surface area contributed by atoms with Crippen LogP contribution in [0.25, 0.3) is 0 Å². The van der Waals surface area contributed by atoms with Crippen LogP contribution in [0.2, 0.25) is 0 Å². The molecule has 1 heterocycles. The van der Waals surface area contributed by atoms with Gasteiger partial charge in [-0.2, -0.15) is 19.1 Å². The van der Waals surface area contributed by atoms with Crippen LogP contribution in [0.5, 0.6) is 0 Å². The molecule has 3 rings (SSSR count). The van der Waals surface area contributed by atoms with E-state index in [2.05, 4.69) is 16.1 Å². The minimum Gasteiger partial charge on any atom is -0.744 e. The monoisotopic (exact) mass is 451 g/mol. The van der Waals surface area contributed by atoms with Gasteiger partial charge in [-0.05, 0) is 30.3 Å². The number of hydrazone groups is 1. The second kappa shape index (κ2) is 8.23. The van der Waals surface area contributed by atoms with Crippen LogP contribution in [-0.4, -0.2) is 36.7 Å². The first-order valence-electron chi connectivity index (χ1n) is 7.19. The van der Waals surface area contributed by atoms with Crippen molar-refractivity contribution in [2.24, 2.45) is 5.10 Å². The number of non-ortho nitro benzene ring substituents is 1. The molecule has 3 N–H and O–H groups in total. The molecule has 13 nitrogen and oxygen atoms in total. The standard InChI is InChI=1S/C13H11N5O8S2.Na/c19-18(20)9-3-1-8(2-4-9)17-15-13(14-16-17)11-6-5-10(27(21,22)23)7-12(11)28(24,25)26;/h1-7,16H,(H,14,15)(H,21,22,23)(H,24,25,26);/q;+1/p-1. The van der Waals surface area contributed by atoms with Gasteiger partial charge in [0.1, 0.15) is 10.1 Å². The summed E-state index contributed by atoms with van der Waals surface area (Å²) < 4.78 is 66.0. The quantitative estimate of drug-likeness (QED) is 0.181. The molecule has 0 unspecified atom stereocenters. The predicted molar refractivity (Wildman–Crippen MR) is 92.6 cm³/mol. The van der Waals surface area contributed by atoms with Gasteiger partial charge in [-0.15, -0.1) is 5.10 Å². The van der Waals surface area contributed by atoms with Gasteiger partial charge >= 0.3 is 29.6 Å². The van der Waals surface area contributed by atoms with Gasteiger partial charge in [-0.25, -0.2) is 8.42 Å². The van der Waals surface area contributed by atoms with Gasteiger partial charge < -0.3 is 4.55 Å². The van der Waals surface area contributed by atoms with E-state index >= 15 is 0 Å². The summed E-state index contributed by atoms with van der Waals surface area (Å²) >= 11 is 0. The Morgan fingerprint density at radius 1 is 1.07 bits per heavy atom. The average molecular weight is 451 g/mol. The molecule has 0 bridgehead atoms. The number of rotatable bonds is 5. The third kappa shape index (κ3) is 5.02. The van der Waals surface area contributed by atoms with E-state index in [1.165, 1.54) is 29.4 Å². The Bertz CT molecular complexity index is 1200. The first kappa shape index (κ1) is 23.0. The van der Waals surface area contributed by atoms with Gasteiger partial charge in [0.05, 0.1) is 20.4 Å². The number of hydrazine groups is 2. The molecule has 0 fully saturated rings. The number of nitrogens with zero attached hydrogens (tertiary/aromatic N) is 3. The van der Waals surface area contributed by atoms with E-state index < -0.39 is 35.0 Å². The largest absolute Gasteiger partial charge is 1.00 e. The molecule has 29 heavy (non-hydrogen) atoms. The first-order chi connectivity index (χ1) is 13.0. The summed E-state index contributed by atoms with van der Waals surface area (Å²) in [5.74, 6) is -0.144. The number of nitrogens with one attached hydrogen (secondary N) is 2. The van der Waals surface area contributed by atoms with Crippen molar-refractivity contribution < 1.29 is 60.4 Å². The Morgan fingerprint density at radius 3 is 2.21 bits per heavy atom. The van der Waals surface area contributed by atoms with E-state index in [9.17, 15) is 31.5 Å². The van der Waals surface area contributed by atoms with Gasteiger partial charge in [-0.1, -0.05) is 0 Å². The van der Waals surface area contributed by atoms with Crippen molar-refractivity contribution in [3.63, 3.8) is 0 Å². The van der Waals surface area contributed by atoms with E-state index in [1.807, 2.05) is 0 Å². The molecular formula is C13H10N5NaO8S2. The number of nitro benzene ring substituents is 1. The molecule has 2 aromatic carbocycles. The topological polar surface area (TPSA) is 194 Å². The summed E-state index contributed by atoms with van der Waals surface area (Å²) in [7, 11) is -9.85. The molecule has 0 saturated heterocycles. The van der Waals surface area contributed by atoms with E-state index in [0.29, 0.717) is 11.8 Å². The summed E-state index contributed by atoms with van der Waals surface area (Å²) in [6.07, 6.45) is 0. The Hall–Kier alpha value is -2.27. The minimum atomic E-state index is -5.12. The molecule has 1 aliphatic rings. The number of anilines is 1. The van der Waals surface area contributed by atoms with Crippen molar-refractivity contribution in [3.05, 3.63) is 58.1 Å². The SMILES string of the molecule is O=[N+]([O-])c1ccc(N2NN=C(c3ccc(S(=O)(=O)O)cc3S(=O)(=O)[O-])N2)cc1.[Na+]. The van der Waals surface area contributed by atoms with Crippen LogP contribution >= 0.6 is 0 Å². The fourth-order valence-corrected chi connectivity index (χ4v) is 3.57. The van der Waals surface area contributed by atoms with E-state index in [-0.39, 0.29) is 46.6 Å². The Kier molecular flexibility index (Phi) is 6.53. The maximum atomic E-state index is 11.5. The number of hydrogen-bond acceptors (Lipinski definition) is 11. The molecule has 2 aromatic rings. The van der Waals surface area contributed by atoms with Crippen LogP contribution in [0, 0.1) is 10.1 Å². The summed E-state index contributed by atoms with van der Waals surface area (Å²) in [4.78, 5) is 8.42. The van der Waals surface area contributed by atoms with Crippen LogP contribution in [0.1, 0.15) is 5.56 Å². The fourth-order valence-electron chi connectivity index (χ4n) is 2.29. The van der Waals surface area contributed by atoms with Crippen molar-refractivity contribution in [3.8, 4) is 0 Å². The van der Waals surface area contributed by atoms with E-state index in [4.69, 9.17) is 4.55 Å². The minimum absolute atomic E-state index is 0. The van der Waals surface area contributed by atoms with Crippen LogP contribution in [0.15, 0.2) is 57.4 Å².